The molecule has 0 saturated heterocycles. The Kier molecular flexibility index (Phi) is 9.55. The molecule has 0 spiro atoms. The molecule has 0 amide bonds. The molecule has 44 heavy (non-hydrogen) atoms. The summed E-state index contributed by atoms with van der Waals surface area (Å²) in [5.74, 6) is 0.263. The predicted octanol–water partition coefficient (Wildman–Crippen LogP) is 5.64. The number of aromatic nitrogens is 1. The third kappa shape index (κ3) is 6.28. The van der Waals surface area contributed by atoms with Gasteiger partial charge in [0.2, 0.25) is 0 Å². The smallest absolute Gasteiger partial charge is 0.338 e. The number of thiazole rings is 1. The summed E-state index contributed by atoms with van der Waals surface area (Å²) in [6.45, 7) is 8.34. The quantitative estimate of drug-likeness (QED) is 0.162. The number of hydrogen-bond acceptors (Lipinski definition) is 7. The molecule has 9 heteroatoms. The van der Waals surface area contributed by atoms with E-state index >= 15 is 0 Å². The van der Waals surface area contributed by atoms with Crippen LogP contribution >= 0.6 is 11.3 Å². The van der Waals surface area contributed by atoms with Crippen LogP contribution in [-0.4, -0.2) is 24.3 Å². The van der Waals surface area contributed by atoms with Crippen molar-refractivity contribution >= 4 is 23.4 Å². The van der Waals surface area contributed by atoms with Crippen LogP contribution in [0.1, 0.15) is 48.6 Å². The number of allylic oxidation sites excluding steroid dienone is 2. The number of esters is 1. The van der Waals surface area contributed by atoms with E-state index in [1.165, 1.54) is 30.6 Å². The molecule has 2 heterocycles. The Labute approximate surface area is 258 Å². The topological polar surface area (TPSA) is 79.1 Å². The average Bonchev–Trinajstić information content (AvgIpc) is 3.34. The number of carbonyl (C=O) groups excluding carboxylic acids is 1. The van der Waals surface area contributed by atoms with Crippen LogP contribution in [0.3, 0.4) is 0 Å². The fraction of sp³-hybridized carbons (Fsp3) is 0.229. The van der Waals surface area contributed by atoms with Gasteiger partial charge in [-0.3, -0.25) is 9.36 Å². The van der Waals surface area contributed by atoms with Crippen LogP contribution in [-0.2, 0) is 22.6 Å². The van der Waals surface area contributed by atoms with Crippen LogP contribution in [0.25, 0.3) is 6.08 Å². The number of methoxy groups -OCH3 is 1. The highest BCUT2D eigenvalue weighted by Gasteiger charge is 2.33. The Hall–Kier alpha value is -4.76. The van der Waals surface area contributed by atoms with E-state index in [2.05, 4.69) is 6.58 Å². The number of fused-ring (bicyclic) bond motifs is 1. The molecule has 0 unspecified atom stereocenters. The van der Waals surface area contributed by atoms with Crippen LogP contribution in [0.15, 0.2) is 100 Å². The molecule has 1 atom stereocenters. The minimum atomic E-state index is -0.672. The van der Waals surface area contributed by atoms with Gasteiger partial charge in [0.05, 0.1) is 35.6 Å². The largest absolute Gasteiger partial charge is 0.490 e. The molecule has 7 nitrogen and oxygen atoms in total. The third-order valence-corrected chi connectivity index (χ3v) is 8.16. The number of nitrogens with zero attached hydrogens (tertiary/aromatic N) is 2. The number of halogens is 1. The van der Waals surface area contributed by atoms with Gasteiger partial charge in [0.1, 0.15) is 12.4 Å². The monoisotopic (exact) mass is 612 g/mol. The molecule has 4 aromatic rings. The SMILES string of the molecule is C=CCc1cc(/C=c2\sc3n(c2=O)[C@H](c2ccccc2)C(C(=O)OC)=C(CC)N=3)cc(OCC)c1OCc1ccc(F)cc1. The van der Waals surface area contributed by atoms with E-state index in [4.69, 9.17) is 19.2 Å². The molecule has 5 rings (SSSR count). The predicted molar refractivity (Wildman–Crippen MR) is 169 cm³/mol. The molecule has 1 aromatic heterocycles. The fourth-order valence-electron chi connectivity index (χ4n) is 5.20. The molecule has 0 saturated carbocycles. The molecular weight excluding hydrogens is 579 g/mol. The lowest BCUT2D eigenvalue weighted by Crippen LogP contribution is -2.40. The van der Waals surface area contributed by atoms with E-state index in [-0.39, 0.29) is 18.0 Å². The molecule has 1 aliphatic heterocycles. The normalized spacial score (nSPS) is 14.5. The first-order chi connectivity index (χ1) is 21.4. The van der Waals surface area contributed by atoms with Gasteiger partial charge in [-0.1, -0.05) is 66.8 Å². The Morgan fingerprint density at radius 1 is 1.09 bits per heavy atom. The van der Waals surface area contributed by atoms with Crippen LogP contribution < -0.4 is 24.4 Å². The number of carbonyl (C=O) groups is 1. The first-order valence-electron chi connectivity index (χ1n) is 14.3. The van der Waals surface area contributed by atoms with Crippen molar-refractivity contribution in [1.29, 1.82) is 0 Å². The second kappa shape index (κ2) is 13.7. The first-order valence-corrected chi connectivity index (χ1v) is 15.2. The third-order valence-electron chi connectivity index (χ3n) is 7.18. The average molecular weight is 613 g/mol. The summed E-state index contributed by atoms with van der Waals surface area (Å²) in [4.78, 5) is 32.3. The highest BCUT2D eigenvalue weighted by molar-refractivity contribution is 7.07. The van der Waals surface area contributed by atoms with Gasteiger partial charge in [-0.05, 0) is 66.8 Å². The molecule has 0 aliphatic carbocycles. The highest BCUT2D eigenvalue weighted by atomic mass is 32.1. The minimum Gasteiger partial charge on any atom is -0.490 e. The van der Waals surface area contributed by atoms with Gasteiger partial charge in [-0.2, -0.15) is 0 Å². The lowest BCUT2D eigenvalue weighted by Gasteiger charge is -2.25. The van der Waals surface area contributed by atoms with Gasteiger partial charge >= 0.3 is 5.97 Å². The Balaban J connectivity index is 1.63. The lowest BCUT2D eigenvalue weighted by molar-refractivity contribution is -0.136. The van der Waals surface area contributed by atoms with E-state index in [0.29, 0.717) is 51.6 Å². The molecule has 0 radical (unpaired) electrons. The van der Waals surface area contributed by atoms with Crippen LogP contribution in [0.2, 0.25) is 0 Å². The molecule has 226 valence electrons. The fourth-order valence-corrected chi connectivity index (χ4v) is 6.22. The van der Waals surface area contributed by atoms with Crippen molar-refractivity contribution in [3.05, 3.63) is 138 Å². The van der Waals surface area contributed by atoms with E-state index in [9.17, 15) is 14.0 Å². The van der Waals surface area contributed by atoms with Gasteiger partial charge < -0.3 is 14.2 Å². The van der Waals surface area contributed by atoms with Crippen molar-refractivity contribution in [2.75, 3.05) is 13.7 Å². The molecule has 0 N–H and O–H groups in total. The van der Waals surface area contributed by atoms with Gasteiger partial charge in [-0.25, -0.2) is 14.2 Å². The summed E-state index contributed by atoms with van der Waals surface area (Å²) in [6.07, 6.45) is 4.57. The maximum absolute atomic E-state index is 14.0. The van der Waals surface area contributed by atoms with Crippen molar-refractivity contribution < 1.29 is 23.4 Å². The minimum absolute atomic E-state index is 0.226. The maximum atomic E-state index is 14.0. The van der Waals surface area contributed by atoms with Crippen molar-refractivity contribution in [2.45, 2.75) is 39.3 Å². The summed E-state index contributed by atoms with van der Waals surface area (Å²) < 4.78 is 32.7. The Morgan fingerprint density at radius 3 is 2.50 bits per heavy atom. The lowest BCUT2D eigenvalue weighted by atomic mass is 9.95. The van der Waals surface area contributed by atoms with Crippen molar-refractivity contribution in [2.24, 2.45) is 4.99 Å². The van der Waals surface area contributed by atoms with Gasteiger partial charge in [-0.15, -0.1) is 6.58 Å². The zero-order valence-corrected chi connectivity index (χ0v) is 25.7. The number of benzene rings is 3. The summed E-state index contributed by atoms with van der Waals surface area (Å²) in [7, 11) is 1.33. The molecule has 0 fully saturated rings. The van der Waals surface area contributed by atoms with E-state index in [1.807, 2.05) is 56.3 Å². The summed E-state index contributed by atoms with van der Waals surface area (Å²) in [6, 6.07) is 18.7. The molecule has 0 bridgehead atoms. The highest BCUT2D eigenvalue weighted by Crippen LogP contribution is 2.35. The van der Waals surface area contributed by atoms with Crippen LogP contribution in [0.5, 0.6) is 11.5 Å². The van der Waals surface area contributed by atoms with Gasteiger partial charge in [0, 0.05) is 5.56 Å². The zero-order valence-electron chi connectivity index (χ0n) is 24.8. The summed E-state index contributed by atoms with van der Waals surface area (Å²) >= 11 is 1.27. The second-order valence-electron chi connectivity index (χ2n) is 10.0. The molecule has 1 aliphatic rings. The van der Waals surface area contributed by atoms with Gasteiger partial charge in [0.15, 0.2) is 16.3 Å². The first kappa shape index (κ1) is 30.7. The van der Waals surface area contributed by atoms with E-state index in [1.54, 1.807) is 28.9 Å². The van der Waals surface area contributed by atoms with Crippen molar-refractivity contribution in [3.8, 4) is 11.5 Å². The summed E-state index contributed by atoms with van der Waals surface area (Å²) in [5, 5.41) is 0. The number of hydrogen-bond donors (Lipinski definition) is 0. The van der Waals surface area contributed by atoms with Crippen molar-refractivity contribution in [3.63, 3.8) is 0 Å². The Morgan fingerprint density at radius 2 is 1.84 bits per heavy atom. The van der Waals surface area contributed by atoms with Crippen LogP contribution in [0, 0.1) is 5.82 Å². The van der Waals surface area contributed by atoms with Crippen molar-refractivity contribution in [1.82, 2.24) is 4.57 Å². The van der Waals surface area contributed by atoms with Crippen LogP contribution in [0.4, 0.5) is 4.39 Å². The standard InChI is InChI=1S/C35H33FN2O5S/c1-5-11-25-18-23(19-28(42-7-3)32(25)43-21-22-14-16-26(36)17-15-22)20-29-33(39)38-31(24-12-9-8-10-13-24)30(34(40)41-4)27(6-2)37-35(38)44-29/h5,8-10,12-20,31H,1,6-7,11,21H2,2-4H3/b29-20-/t31-/m1/s1. The molecular formula is C35H33FN2O5S. The molecule has 3 aromatic carbocycles. The Bertz CT molecular complexity index is 1890. The van der Waals surface area contributed by atoms with Gasteiger partial charge in [0.25, 0.3) is 5.56 Å². The van der Waals surface area contributed by atoms with E-state index < -0.39 is 12.0 Å². The second-order valence-corrected chi connectivity index (χ2v) is 11.1. The maximum Gasteiger partial charge on any atom is 0.338 e. The summed E-state index contributed by atoms with van der Waals surface area (Å²) in [5.41, 5.74) is 3.85. The number of rotatable bonds is 11. The number of ether oxygens (including phenoxy) is 3. The van der Waals surface area contributed by atoms with E-state index in [0.717, 1.165) is 22.3 Å². The zero-order chi connectivity index (χ0) is 31.2.